The maximum Gasteiger partial charge on any atom is 0.442 e. The van der Waals surface area contributed by atoms with E-state index >= 15 is 0 Å². The molecule has 0 aliphatic carbocycles. The molecule has 25 heavy (non-hydrogen) atoms. The van der Waals surface area contributed by atoms with E-state index in [0.29, 0.717) is 11.1 Å². The summed E-state index contributed by atoms with van der Waals surface area (Å²) < 4.78 is 5.72. The van der Waals surface area contributed by atoms with E-state index < -0.39 is 17.6 Å². The lowest BCUT2D eigenvalue weighted by molar-refractivity contribution is -0.122. The fourth-order valence-electron chi connectivity index (χ4n) is 2.17. The highest BCUT2D eigenvalue weighted by atomic mass is 16.5. The number of aromatic nitrogens is 2. The van der Waals surface area contributed by atoms with Crippen LogP contribution < -0.4 is 16.6 Å². The Labute approximate surface area is 142 Å². The standard InChI is InChI=1S/C17H14N4O4/c22-14(18-19-16(23)13-9-5-2-6-10-13)11-21-15(20-25-17(21)24)12-7-3-1-4-8-12/h1-10H,11H2,(H,18,22)(H,19,23). The summed E-state index contributed by atoms with van der Waals surface area (Å²) in [6.45, 7) is -0.346. The van der Waals surface area contributed by atoms with Gasteiger partial charge >= 0.3 is 5.76 Å². The molecule has 2 N–H and O–H groups in total. The number of hydrazine groups is 1. The summed E-state index contributed by atoms with van der Waals surface area (Å²) in [7, 11) is 0. The lowest BCUT2D eigenvalue weighted by atomic mass is 10.2. The van der Waals surface area contributed by atoms with Crippen molar-refractivity contribution in [3.8, 4) is 11.4 Å². The molecule has 8 nitrogen and oxygen atoms in total. The van der Waals surface area contributed by atoms with Crippen LogP contribution >= 0.6 is 0 Å². The van der Waals surface area contributed by atoms with Crippen molar-refractivity contribution in [1.29, 1.82) is 0 Å². The second kappa shape index (κ2) is 7.26. The fourth-order valence-corrected chi connectivity index (χ4v) is 2.17. The predicted octanol–water partition coefficient (Wildman–Crippen LogP) is 0.964. The number of rotatable bonds is 4. The fraction of sp³-hybridized carbons (Fsp3) is 0.0588. The second-order valence-electron chi connectivity index (χ2n) is 5.09. The third-order valence-electron chi connectivity index (χ3n) is 3.37. The number of nitrogens with zero attached hydrogens (tertiary/aromatic N) is 2. The van der Waals surface area contributed by atoms with Gasteiger partial charge in [-0.2, -0.15) is 0 Å². The van der Waals surface area contributed by atoms with Gasteiger partial charge in [0, 0.05) is 11.1 Å². The van der Waals surface area contributed by atoms with Crippen LogP contribution in [0, 0.1) is 0 Å². The van der Waals surface area contributed by atoms with Crippen molar-refractivity contribution >= 4 is 11.8 Å². The van der Waals surface area contributed by atoms with Crippen molar-refractivity contribution < 1.29 is 14.1 Å². The van der Waals surface area contributed by atoms with E-state index in [1.807, 2.05) is 6.07 Å². The van der Waals surface area contributed by atoms with Gasteiger partial charge in [0.05, 0.1) is 0 Å². The van der Waals surface area contributed by atoms with Crippen molar-refractivity contribution in [3.63, 3.8) is 0 Å². The van der Waals surface area contributed by atoms with Crippen LogP contribution in [0.2, 0.25) is 0 Å². The number of carbonyl (C=O) groups is 2. The number of carbonyl (C=O) groups excluding carboxylic acids is 2. The first-order valence-electron chi connectivity index (χ1n) is 7.41. The van der Waals surface area contributed by atoms with Crippen LogP contribution in [0.5, 0.6) is 0 Å². The second-order valence-corrected chi connectivity index (χ2v) is 5.09. The molecule has 3 rings (SSSR count). The Bertz CT molecular complexity index is 932. The summed E-state index contributed by atoms with van der Waals surface area (Å²) in [5, 5.41) is 3.69. The zero-order valence-electron chi connectivity index (χ0n) is 13.0. The first-order valence-corrected chi connectivity index (χ1v) is 7.41. The summed E-state index contributed by atoms with van der Waals surface area (Å²) in [4.78, 5) is 35.7. The van der Waals surface area contributed by atoms with Crippen LogP contribution in [0.4, 0.5) is 0 Å². The highest BCUT2D eigenvalue weighted by molar-refractivity contribution is 5.95. The average molecular weight is 338 g/mol. The molecule has 126 valence electrons. The van der Waals surface area contributed by atoms with Gasteiger partial charge in [-0.1, -0.05) is 53.7 Å². The molecule has 0 unspecified atom stereocenters. The Morgan fingerprint density at radius 2 is 1.60 bits per heavy atom. The lowest BCUT2D eigenvalue weighted by Gasteiger charge is -2.08. The van der Waals surface area contributed by atoms with E-state index in [2.05, 4.69) is 20.5 Å². The molecule has 0 saturated carbocycles. The molecule has 3 aromatic rings. The van der Waals surface area contributed by atoms with E-state index in [-0.39, 0.29) is 12.4 Å². The van der Waals surface area contributed by atoms with E-state index in [4.69, 9.17) is 0 Å². The van der Waals surface area contributed by atoms with Gasteiger partial charge in [-0.15, -0.1) is 0 Å². The van der Waals surface area contributed by atoms with Crippen molar-refractivity contribution in [1.82, 2.24) is 20.6 Å². The van der Waals surface area contributed by atoms with Crippen molar-refractivity contribution in [2.75, 3.05) is 0 Å². The van der Waals surface area contributed by atoms with Crippen molar-refractivity contribution in [2.24, 2.45) is 0 Å². The van der Waals surface area contributed by atoms with Gasteiger partial charge in [0.1, 0.15) is 6.54 Å². The van der Waals surface area contributed by atoms with Gasteiger partial charge in [-0.3, -0.25) is 25.0 Å². The van der Waals surface area contributed by atoms with E-state index in [0.717, 1.165) is 4.57 Å². The minimum Gasteiger partial charge on any atom is -0.295 e. The average Bonchev–Trinajstić information content (AvgIpc) is 3.01. The van der Waals surface area contributed by atoms with Crippen LogP contribution in [-0.2, 0) is 11.3 Å². The highest BCUT2D eigenvalue weighted by Crippen LogP contribution is 2.14. The molecular formula is C17H14N4O4. The zero-order chi connectivity index (χ0) is 17.6. The lowest BCUT2D eigenvalue weighted by Crippen LogP contribution is -2.44. The highest BCUT2D eigenvalue weighted by Gasteiger charge is 2.16. The topological polar surface area (TPSA) is 106 Å². The molecule has 8 heteroatoms. The minimum absolute atomic E-state index is 0.232. The smallest absolute Gasteiger partial charge is 0.295 e. The summed E-state index contributed by atoms with van der Waals surface area (Å²) >= 11 is 0. The Balaban J connectivity index is 1.67. The van der Waals surface area contributed by atoms with Crippen LogP contribution in [-0.4, -0.2) is 21.5 Å². The first kappa shape index (κ1) is 16.2. The van der Waals surface area contributed by atoms with Gasteiger partial charge in [0.15, 0.2) is 5.82 Å². The van der Waals surface area contributed by atoms with E-state index in [9.17, 15) is 14.4 Å². The molecule has 1 heterocycles. The molecule has 0 aliphatic rings. The largest absolute Gasteiger partial charge is 0.442 e. The molecule has 1 aromatic heterocycles. The van der Waals surface area contributed by atoms with Crippen molar-refractivity contribution in [3.05, 3.63) is 76.8 Å². The summed E-state index contributed by atoms with van der Waals surface area (Å²) in [6, 6.07) is 17.3. The minimum atomic E-state index is -0.761. The molecule has 0 aliphatic heterocycles. The first-order chi connectivity index (χ1) is 12.1. The molecule has 0 fully saturated rings. The maximum atomic E-state index is 12.0. The monoisotopic (exact) mass is 338 g/mol. The summed E-state index contributed by atoms with van der Waals surface area (Å²) in [5.74, 6) is -1.58. The number of nitrogens with one attached hydrogen (secondary N) is 2. The molecule has 2 aromatic carbocycles. The van der Waals surface area contributed by atoms with Crippen LogP contribution in [0.25, 0.3) is 11.4 Å². The quantitative estimate of drug-likeness (QED) is 0.689. The third-order valence-corrected chi connectivity index (χ3v) is 3.37. The zero-order valence-corrected chi connectivity index (χ0v) is 13.0. The predicted molar refractivity (Wildman–Crippen MR) is 88.2 cm³/mol. The number of hydrogen-bond acceptors (Lipinski definition) is 5. The summed E-state index contributed by atoms with van der Waals surface area (Å²) in [6.07, 6.45) is 0. The normalized spacial score (nSPS) is 10.2. The number of hydrogen-bond donors (Lipinski definition) is 2. The van der Waals surface area contributed by atoms with Gasteiger partial charge in [-0.05, 0) is 12.1 Å². The molecule has 0 atom stereocenters. The third kappa shape index (κ3) is 3.81. The molecular weight excluding hydrogens is 324 g/mol. The number of amides is 2. The van der Waals surface area contributed by atoms with Crippen LogP contribution in [0.3, 0.4) is 0 Å². The summed E-state index contributed by atoms with van der Waals surface area (Å²) in [5.41, 5.74) is 5.57. The molecule has 2 amide bonds. The molecule has 0 radical (unpaired) electrons. The number of benzene rings is 2. The molecule has 0 spiro atoms. The Morgan fingerprint density at radius 1 is 0.960 bits per heavy atom. The Morgan fingerprint density at radius 3 is 2.28 bits per heavy atom. The Hall–Kier alpha value is -3.68. The van der Waals surface area contributed by atoms with Gasteiger partial charge < -0.3 is 0 Å². The van der Waals surface area contributed by atoms with E-state index in [1.165, 1.54) is 0 Å². The molecule has 0 bridgehead atoms. The van der Waals surface area contributed by atoms with Crippen LogP contribution in [0.15, 0.2) is 70.0 Å². The SMILES string of the molecule is O=C(Cn1c(-c2ccccc2)noc1=O)NNC(=O)c1ccccc1. The van der Waals surface area contributed by atoms with Gasteiger partial charge in [0.25, 0.3) is 11.8 Å². The van der Waals surface area contributed by atoms with Gasteiger partial charge in [-0.25, -0.2) is 9.36 Å². The van der Waals surface area contributed by atoms with Crippen molar-refractivity contribution in [2.45, 2.75) is 6.54 Å². The molecule has 0 saturated heterocycles. The van der Waals surface area contributed by atoms with Crippen LogP contribution in [0.1, 0.15) is 10.4 Å². The van der Waals surface area contributed by atoms with E-state index in [1.54, 1.807) is 54.6 Å². The van der Waals surface area contributed by atoms with Gasteiger partial charge in [0.2, 0.25) is 0 Å². The Kier molecular flexibility index (Phi) is 4.70. The maximum absolute atomic E-state index is 12.0.